The van der Waals surface area contributed by atoms with Gasteiger partial charge in [0.2, 0.25) is 5.88 Å². The Morgan fingerprint density at radius 1 is 1.35 bits per heavy atom. The summed E-state index contributed by atoms with van der Waals surface area (Å²) in [6.45, 7) is 0.134. The molecule has 0 fully saturated rings. The van der Waals surface area contributed by atoms with Crippen molar-refractivity contribution in [2.45, 2.75) is 13.0 Å². The van der Waals surface area contributed by atoms with Crippen LogP contribution in [0.4, 0.5) is 0 Å². The molecule has 5 nitrogen and oxygen atoms in total. The van der Waals surface area contributed by atoms with Gasteiger partial charge in [-0.25, -0.2) is 4.79 Å². The van der Waals surface area contributed by atoms with Gasteiger partial charge in [0.15, 0.2) is 0 Å². The molecular formula is C14H11BrN2O3. The fraction of sp³-hybridized carbons (Fsp3) is 0.143. The second-order valence-corrected chi connectivity index (χ2v) is 4.90. The second kappa shape index (κ2) is 5.80. The molecule has 0 atom stereocenters. The largest absolute Gasteiger partial charge is 0.494 e. The number of nitrogens with zero attached hydrogens (tertiary/aromatic N) is 1. The van der Waals surface area contributed by atoms with Crippen LogP contribution in [0, 0.1) is 12.3 Å². The molecular weight excluding hydrogens is 324 g/mol. The minimum absolute atomic E-state index is 0.0362. The van der Waals surface area contributed by atoms with Crippen molar-refractivity contribution in [3.63, 3.8) is 0 Å². The standard InChI is InChI=1S/C14H11BrN2O3/c1-2-3-8-17-13(19)11(12(18)16-14(17)20)9-6-4-5-7-10(9)15/h1,4-7,19H,3,8H2,(H,16,18,20). The van der Waals surface area contributed by atoms with E-state index in [1.807, 2.05) is 0 Å². The van der Waals surface area contributed by atoms with Gasteiger partial charge in [0.1, 0.15) is 5.56 Å². The average molecular weight is 335 g/mol. The van der Waals surface area contributed by atoms with Crippen molar-refractivity contribution in [3.8, 4) is 29.4 Å². The Balaban J connectivity index is 2.72. The molecule has 0 aliphatic rings. The van der Waals surface area contributed by atoms with Gasteiger partial charge in [0.25, 0.3) is 5.56 Å². The summed E-state index contributed by atoms with van der Waals surface area (Å²) < 4.78 is 1.69. The number of aromatic hydroxyl groups is 1. The number of aromatic amines is 1. The number of benzene rings is 1. The SMILES string of the molecule is C#CCCn1c(O)c(-c2ccccc2Br)c(=O)[nH]c1=O. The number of hydrogen-bond acceptors (Lipinski definition) is 3. The van der Waals surface area contributed by atoms with Crippen molar-refractivity contribution in [1.29, 1.82) is 0 Å². The summed E-state index contributed by atoms with van der Waals surface area (Å²) in [7, 11) is 0. The van der Waals surface area contributed by atoms with Crippen LogP contribution in [0.1, 0.15) is 6.42 Å². The highest BCUT2D eigenvalue weighted by molar-refractivity contribution is 9.10. The van der Waals surface area contributed by atoms with E-state index in [2.05, 4.69) is 26.8 Å². The lowest BCUT2D eigenvalue weighted by Crippen LogP contribution is -2.31. The van der Waals surface area contributed by atoms with Crippen molar-refractivity contribution in [2.24, 2.45) is 0 Å². The maximum absolute atomic E-state index is 11.9. The number of terminal acetylenes is 1. The van der Waals surface area contributed by atoms with Gasteiger partial charge in [-0.15, -0.1) is 12.3 Å². The molecule has 1 aromatic carbocycles. The summed E-state index contributed by atoms with van der Waals surface area (Å²) in [5.74, 6) is 2.00. The lowest BCUT2D eigenvalue weighted by molar-refractivity contribution is 0.404. The summed E-state index contributed by atoms with van der Waals surface area (Å²) in [6.07, 6.45) is 5.43. The first-order chi connectivity index (χ1) is 9.56. The predicted molar refractivity (Wildman–Crippen MR) is 79.6 cm³/mol. The van der Waals surface area contributed by atoms with Crippen LogP contribution in [0.2, 0.25) is 0 Å². The highest BCUT2D eigenvalue weighted by Gasteiger charge is 2.17. The lowest BCUT2D eigenvalue weighted by Gasteiger charge is -2.11. The molecule has 0 aliphatic carbocycles. The van der Waals surface area contributed by atoms with Gasteiger partial charge in [0.05, 0.1) is 0 Å². The van der Waals surface area contributed by atoms with Gasteiger partial charge >= 0.3 is 5.69 Å². The van der Waals surface area contributed by atoms with Crippen molar-refractivity contribution >= 4 is 15.9 Å². The maximum Gasteiger partial charge on any atom is 0.331 e. The van der Waals surface area contributed by atoms with Crippen LogP contribution in [0.15, 0.2) is 38.3 Å². The fourth-order valence-corrected chi connectivity index (χ4v) is 2.33. The van der Waals surface area contributed by atoms with Crippen molar-refractivity contribution in [3.05, 3.63) is 49.6 Å². The first kappa shape index (κ1) is 14.2. The number of nitrogens with one attached hydrogen (secondary N) is 1. The highest BCUT2D eigenvalue weighted by atomic mass is 79.9. The lowest BCUT2D eigenvalue weighted by atomic mass is 10.1. The van der Waals surface area contributed by atoms with Crippen molar-refractivity contribution in [2.75, 3.05) is 0 Å². The summed E-state index contributed by atoms with van der Waals surface area (Å²) in [5, 5.41) is 10.2. The van der Waals surface area contributed by atoms with E-state index in [0.717, 1.165) is 4.57 Å². The van der Waals surface area contributed by atoms with Crippen LogP contribution < -0.4 is 11.2 Å². The Kier molecular flexibility index (Phi) is 4.11. The number of aromatic nitrogens is 2. The normalized spacial score (nSPS) is 10.2. The molecule has 0 amide bonds. The molecule has 1 aromatic heterocycles. The molecule has 102 valence electrons. The van der Waals surface area contributed by atoms with E-state index in [-0.39, 0.29) is 24.4 Å². The van der Waals surface area contributed by atoms with E-state index in [1.54, 1.807) is 24.3 Å². The monoisotopic (exact) mass is 334 g/mol. The van der Waals surface area contributed by atoms with E-state index in [1.165, 1.54) is 0 Å². The first-order valence-corrected chi connectivity index (χ1v) is 6.60. The molecule has 6 heteroatoms. The van der Waals surface area contributed by atoms with Crippen LogP contribution in [0.25, 0.3) is 11.1 Å². The van der Waals surface area contributed by atoms with Gasteiger partial charge in [-0.05, 0) is 6.07 Å². The zero-order chi connectivity index (χ0) is 14.7. The van der Waals surface area contributed by atoms with Crippen LogP contribution in [0.3, 0.4) is 0 Å². The zero-order valence-electron chi connectivity index (χ0n) is 10.4. The minimum atomic E-state index is -0.682. The number of halogens is 1. The summed E-state index contributed by atoms with van der Waals surface area (Å²) in [4.78, 5) is 25.8. The molecule has 1 heterocycles. The number of rotatable bonds is 3. The van der Waals surface area contributed by atoms with Crippen LogP contribution >= 0.6 is 15.9 Å². The third-order valence-corrected chi connectivity index (χ3v) is 3.49. The quantitative estimate of drug-likeness (QED) is 0.839. The maximum atomic E-state index is 11.9. The van der Waals surface area contributed by atoms with Gasteiger partial charge in [-0.2, -0.15) is 0 Å². The number of H-pyrrole nitrogens is 1. The summed E-state index contributed by atoms with van der Waals surface area (Å²) in [6, 6.07) is 6.93. The number of hydrogen-bond donors (Lipinski definition) is 2. The summed E-state index contributed by atoms with van der Waals surface area (Å²) >= 11 is 3.31. The molecule has 0 radical (unpaired) electrons. The van der Waals surface area contributed by atoms with E-state index >= 15 is 0 Å². The van der Waals surface area contributed by atoms with Gasteiger partial charge in [0, 0.05) is 23.0 Å². The topological polar surface area (TPSA) is 75.1 Å². The molecule has 0 aliphatic heterocycles. The van der Waals surface area contributed by atoms with E-state index in [0.29, 0.717) is 10.0 Å². The van der Waals surface area contributed by atoms with E-state index in [9.17, 15) is 14.7 Å². The van der Waals surface area contributed by atoms with Gasteiger partial charge < -0.3 is 5.11 Å². The molecule has 20 heavy (non-hydrogen) atoms. The third-order valence-electron chi connectivity index (χ3n) is 2.79. The average Bonchev–Trinajstić information content (AvgIpc) is 2.40. The Morgan fingerprint density at radius 2 is 2.05 bits per heavy atom. The molecule has 0 saturated heterocycles. The molecule has 2 N–H and O–H groups in total. The molecule has 0 spiro atoms. The smallest absolute Gasteiger partial charge is 0.331 e. The Hall–Kier alpha value is -2.26. The van der Waals surface area contributed by atoms with E-state index in [4.69, 9.17) is 6.42 Å². The minimum Gasteiger partial charge on any atom is -0.494 e. The van der Waals surface area contributed by atoms with Crippen LogP contribution in [-0.4, -0.2) is 14.7 Å². The van der Waals surface area contributed by atoms with Crippen LogP contribution in [-0.2, 0) is 6.54 Å². The molecule has 0 unspecified atom stereocenters. The molecule has 2 rings (SSSR count). The zero-order valence-corrected chi connectivity index (χ0v) is 12.0. The fourth-order valence-electron chi connectivity index (χ4n) is 1.85. The van der Waals surface area contributed by atoms with Gasteiger partial charge in [-0.3, -0.25) is 14.3 Å². The highest BCUT2D eigenvalue weighted by Crippen LogP contribution is 2.30. The molecule has 2 aromatic rings. The predicted octanol–water partition coefficient (Wildman–Crippen LogP) is 1.69. The third kappa shape index (κ3) is 2.53. The van der Waals surface area contributed by atoms with Gasteiger partial charge in [-0.1, -0.05) is 34.1 Å². The first-order valence-electron chi connectivity index (χ1n) is 5.80. The Bertz CT molecular complexity index is 799. The van der Waals surface area contributed by atoms with E-state index < -0.39 is 11.2 Å². The second-order valence-electron chi connectivity index (χ2n) is 4.04. The van der Waals surface area contributed by atoms with Crippen LogP contribution in [0.5, 0.6) is 5.88 Å². The molecule has 0 bridgehead atoms. The van der Waals surface area contributed by atoms with Crippen molar-refractivity contribution < 1.29 is 5.11 Å². The Labute approximate surface area is 123 Å². The Morgan fingerprint density at radius 3 is 2.70 bits per heavy atom. The molecule has 0 saturated carbocycles. The van der Waals surface area contributed by atoms with Crippen molar-refractivity contribution in [1.82, 2.24) is 9.55 Å². The summed E-state index contributed by atoms with van der Waals surface area (Å²) in [5.41, 5.74) is -0.787.